The van der Waals surface area contributed by atoms with Crippen LogP contribution in [-0.2, 0) is 0 Å². The zero-order chi connectivity index (χ0) is 20.2. The van der Waals surface area contributed by atoms with E-state index in [0.717, 1.165) is 28.3 Å². The van der Waals surface area contributed by atoms with E-state index < -0.39 is 12.6 Å². The minimum Gasteiger partial charge on any atom is -0.507 e. The Bertz CT molecular complexity index is 624. The van der Waals surface area contributed by atoms with Crippen molar-refractivity contribution in [2.75, 3.05) is 24.7 Å². The summed E-state index contributed by atoms with van der Waals surface area (Å²) in [7, 11) is 1.93. The molecule has 0 saturated heterocycles. The Morgan fingerprint density at radius 1 is 1.30 bits per heavy atom. The highest BCUT2D eigenvalue weighted by atomic mass is 32.2. The molecule has 1 heterocycles. The smallest absolute Gasteiger partial charge is 0.389 e. The Morgan fingerprint density at radius 3 is 2.52 bits per heavy atom. The lowest BCUT2D eigenvalue weighted by Crippen LogP contribution is -2.43. The second-order valence-electron chi connectivity index (χ2n) is 6.91. The molecule has 0 spiro atoms. The van der Waals surface area contributed by atoms with Crippen molar-refractivity contribution in [2.24, 2.45) is 0 Å². The minimum absolute atomic E-state index is 0.0187. The fraction of sp³-hybridized carbons (Fsp3) is 0.684. The van der Waals surface area contributed by atoms with Crippen LogP contribution in [0.25, 0.3) is 0 Å². The van der Waals surface area contributed by atoms with Crippen molar-refractivity contribution in [3.63, 3.8) is 0 Å². The van der Waals surface area contributed by atoms with Crippen molar-refractivity contribution in [1.82, 2.24) is 4.31 Å². The number of hydrogen-bond donors (Lipinski definition) is 1. The van der Waals surface area contributed by atoms with Gasteiger partial charge in [-0.3, -0.25) is 0 Å². The van der Waals surface area contributed by atoms with Crippen molar-refractivity contribution in [3.8, 4) is 5.75 Å². The number of phenolic OH excluding ortho intramolecular Hbond substituents is 1. The second-order valence-corrected chi connectivity index (χ2v) is 8.96. The summed E-state index contributed by atoms with van der Waals surface area (Å²) in [6, 6.07) is 4.15. The summed E-state index contributed by atoms with van der Waals surface area (Å²) in [5, 5.41) is 10.3. The number of thioether (sulfide) groups is 1. The van der Waals surface area contributed by atoms with Gasteiger partial charge in [-0.2, -0.15) is 13.2 Å². The Balaban J connectivity index is 2.33. The standard InChI is InChI=1S/C19H29F3N2OS2/c1-5-13(6-2)24-12-14(8-7-9-19(20,21)22)23(3)27-17-11-16(25)18(26-4)10-15(17)24/h10-11,13-14,25H,5-9,12H2,1-4H3. The maximum absolute atomic E-state index is 12.6. The van der Waals surface area contributed by atoms with Crippen LogP contribution in [0.1, 0.15) is 46.0 Å². The van der Waals surface area contributed by atoms with Gasteiger partial charge in [0.1, 0.15) is 5.75 Å². The molecule has 1 aromatic carbocycles. The van der Waals surface area contributed by atoms with Gasteiger partial charge >= 0.3 is 6.18 Å². The molecule has 0 aliphatic carbocycles. The van der Waals surface area contributed by atoms with Crippen LogP contribution in [0.2, 0.25) is 0 Å². The number of rotatable bonds is 7. The number of fused-ring (bicyclic) bond motifs is 1. The second kappa shape index (κ2) is 9.65. The number of phenols is 1. The normalized spacial score (nSPS) is 18.7. The predicted octanol–water partition coefficient (Wildman–Crippen LogP) is 6.16. The third-order valence-electron chi connectivity index (χ3n) is 5.11. The average Bonchev–Trinajstić information content (AvgIpc) is 2.71. The predicted molar refractivity (Wildman–Crippen MR) is 109 cm³/mol. The quantitative estimate of drug-likeness (QED) is 0.419. The van der Waals surface area contributed by atoms with Crippen LogP contribution in [0.3, 0.4) is 0 Å². The van der Waals surface area contributed by atoms with Gasteiger partial charge in [0.05, 0.1) is 15.5 Å². The largest absolute Gasteiger partial charge is 0.507 e. The zero-order valence-electron chi connectivity index (χ0n) is 16.3. The van der Waals surface area contributed by atoms with Gasteiger partial charge in [-0.15, -0.1) is 11.8 Å². The van der Waals surface area contributed by atoms with Crippen molar-refractivity contribution < 1.29 is 18.3 Å². The highest BCUT2D eigenvalue weighted by Crippen LogP contribution is 2.44. The molecule has 1 aliphatic heterocycles. The van der Waals surface area contributed by atoms with Crippen molar-refractivity contribution in [1.29, 1.82) is 0 Å². The SMILES string of the molecule is CCC(CC)N1CC(CCCC(F)(F)F)N(C)Sc2cc(O)c(SC)cc21. The number of benzene rings is 1. The highest BCUT2D eigenvalue weighted by Gasteiger charge is 2.32. The average molecular weight is 423 g/mol. The maximum Gasteiger partial charge on any atom is 0.389 e. The molecule has 1 aliphatic rings. The summed E-state index contributed by atoms with van der Waals surface area (Å²) < 4.78 is 39.8. The van der Waals surface area contributed by atoms with Crippen molar-refractivity contribution in [2.45, 2.75) is 74.0 Å². The molecule has 0 aromatic heterocycles. The van der Waals surface area contributed by atoms with Gasteiger partial charge in [0, 0.05) is 25.0 Å². The van der Waals surface area contributed by atoms with Crippen LogP contribution in [0.15, 0.2) is 21.9 Å². The summed E-state index contributed by atoms with van der Waals surface area (Å²) in [5.41, 5.74) is 1.07. The van der Waals surface area contributed by atoms with E-state index in [0.29, 0.717) is 19.0 Å². The van der Waals surface area contributed by atoms with E-state index >= 15 is 0 Å². The van der Waals surface area contributed by atoms with Crippen LogP contribution < -0.4 is 4.90 Å². The molecule has 0 fully saturated rings. The van der Waals surface area contributed by atoms with Gasteiger partial charge in [-0.25, -0.2) is 4.31 Å². The van der Waals surface area contributed by atoms with Crippen LogP contribution in [0.4, 0.5) is 18.9 Å². The first-order chi connectivity index (χ1) is 12.7. The van der Waals surface area contributed by atoms with Gasteiger partial charge in [0.2, 0.25) is 0 Å². The Kier molecular flexibility index (Phi) is 8.06. The van der Waals surface area contributed by atoms with Gasteiger partial charge in [0.25, 0.3) is 0 Å². The summed E-state index contributed by atoms with van der Waals surface area (Å²) in [5.74, 6) is 0.252. The molecule has 8 heteroatoms. The van der Waals surface area contributed by atoms with Crippen LogP contribution in [0, 0.1) is 0 Å². The van der Waals surface area contributed by atoms with Gasteiger partial charge in [-0.05, 0) is 63.1 Å². The van der Waals surface area contributed by atoms with E-state index in [1.54, 1.807) is 6.07 Å². The topological polar surface area (TPSA) is 26.7 Å². The molecule has 1 unspecified atom stereocenters. The lowest BCUT2D eigenvalue weighted by molar-refractivity contribution is -0.136. The molecule has 1 atom stereocenters. The van der Waals surface area contributed by atoms with Crippen LogP contribution in [0.5, 0.6) is 5.75 Å². The van der Waals surface area contributed by atoms with Crippen LogP contribution >= 0.6 is 23.7 Å². The maximum atomic E-state index is 12.6. The lowest BCUT2D eigenvalue weighted by Gasteiger charge is -2.35. The fourth-order valence-electron chi connectivity index (χ4n) is 3.56. The first kappa shape index (κ1) is 22.6. The molecular weight excluding hydrogens is 393 g/mol. The van der Waals surface area contributed by atoms with Gasteiger partial charge < -0.3 is 10.0 Å². The zero-order valence-corrected chi connectivity index (χ0v) is 18.0. The molecule has 3 nitrogen and oxygen atoms in total. The molecular formula is C19H29F3N2OS2. The highest BCUT2D eigenvalue weighted by molar-refractivity contribution is 7.98. The molecule has 2 rings (SSSR count). The number of anilines is 1. The number of aromatic hydroxyl groups is 1. The van der Waals surface area contributed by atoms with E-state index in [4.69, 9.17) is 0 Å². The minimum atomic E-state index is -4.10. The van der Waals surface area contributed by atoms with E-state index in [9.17, 15) is 18.3 Å². The summed E-state index contributed by atoms with van der Waals surface area (Å²) in [6.45, 7) is 4.98. The first-order valence-electron chi connectivity index (χ1n) is 9.35. The monoisotopic (exact) mass is 422 g/mol. The number of halogens is 3. The Hall–Kier alpha value is -0.730. The third kappa shape index (κ3) is 5.87. The van der Waals surface area contributed by atoms with Crippen LogP contribution in [-0.4, -0.2) is 47.5 Å². The number of hydrogen-bond acceptors (Lipinski definition) is 5. The molecule has 0 amide bonds. The fourth-order valence-corrected chi connectivity index (χ4v) is 5.12. The lowest BCUT2D eigenvalue weighted by atomic mass is 10.0. The van der Waals surface area contributed by atoms with E-state index in [1.165, 1.54) is 23.7 Å². The molecule has 0 saturated carbocycles. The van der Waals surface area contributed by atoms with E-state index in [1.807, 2.05) is 19.4 Å². The Labute approximate surface area is 168 Å². The number of alkyl halides is 3. The molecule has 0 radical (unpaired) electrons. The summed E-state index contributed by atoms with van der Waals surface area (Å²) in [6.07, 6.45) is -0.351. The first-order valence-corrected chi connectivity index (χ1v) is 11.3. The number of nitrogens with zero attached hydrogens (tertiary/aromatic N) is 2. The summed E-state index contributed by atoms with van der Waals surface area (Å²) >= 11 is 3.01. The molecule has 154 valence electrons. The Morgan fingerprint density at radius 2 is 1.96 bits per heavy atom. The molecule has 27 heavy (non-hydrogen) atoms. The molecule has 0 bridgehead atoms. The van der Waals surface area contributed by atoms with Gasteiger partial charge in [0.15, 0.2) is 0 Å². The number of likely N-dealkylation sites (N-methyl/N-ethyl adjacent to an activating group) is 1. The van der Waals surface area contributed by atoms with E-state index in [-0.39, 0.29) is 18.2 Å². The molecule has 1 N–H and O–H groups in total. The van der Waals surface area contributed by atoms with Crippen molar-refractivity contribution in [3.05, 3.63) is 12.1 Å². The molecule has 1 aromatic rings. The van der Waals surface area contributed by atoms with E-state index in [2.05, 4.69) is 23.1 Å². The summed E-state index contributed by atoms with van der Waals surface area (Å²) in [4.78, 5) is 4.12. The van der Waals surface area contributed by atoms with Gasteiger partial charge in [-0.1, -0.05) is 13.8 Å². The third-order valence-corrected chi connectivity index (χ3v) is 6.99. The van der Waals surface area contributed by atoms with Crippen molar-refractivity contribution >= 4 is 29.4 Å².